The Morgan fingerprint density at radius 3 is 2.88 bits per heavy atom. The van der Waals surface area contributed by atoms with Gasteiger partial charge in [-0.2, -0.15) is 0 Å². The second-order valence-corrected chi connectivity index (χ2v) is 1.72. The van der Waals surface area contributed by atoms with E-state index in [0.717, 1.165) is 6.61 Å². The van der Waals surface area contributed by atoms with Crippen LogP contribution < -0.4 is 0 Å². The molecule has 1 N–H and O–H groups in total. The lowest BCUT2D eigenvalue weighted by atomic mass is 10.2. The van der Waals surface area contributed by atoms with E-state index >= 15 is 0 Å². The number of esters is 1. The van der Waals surface area contributed by atoms with Crippen molar-refractivity contribution in [3.8, 4) is 0 Å². The second kappa shape index (κ2) is 2.13. The Balaban J connectivity index is 2.32. The number of ether oxygens (including phenoxy) is 1. The van der Waals surface area contributed by atoms with Crippen LogP contribution in [0.3, 0.4) is 0 Å². The molecular weight excluding hydrogens is 108 g/mol. The summed E-state index contributed by atoms with van der Waals surface area (Å²) in [6, 6.07) is 0. The number of aliphatic hydroxyl groups excluding tert-OH is 1. The number of hydrogen-bond donors (Lipinski definition) is 1. The average Bonchev–Trinajstić information content (AvgIpc) is 2.14. The SMILES string of the molecule is O=C1CC[C@@H]([CH]O)O1. The molecule has 1 radical (unpaired) electrons. The largest absolute Gasteiger partial charge is 0.459 e. The third-order valence-electron chi connectivity index (χ3n) is 1.08. The van der Waals surface area contributed by atoms with Crippen LogP contribution in [0.4, 0.5) is 0 Å². The Kier molecular flexibility index (Phi) is 1.48. The summed E-state index contributed by atoms with van der Waals surface area (Å²) in [4.78, 5) is 10.3. The van der Waals surface area contributed by atoms with Crippen molar-refractivity contribution < 1.29 is 14.6 Å². The van der Waals surface area contributed by atoms with E-state index < -0.39 is 0 Å². The Bertz CT molecular complexity index is 99.8. The lowest BCUT2D eigenvalue weighted by Gasteiger charge is -2.00. The molecule has 1 heterocycles. The molecule has 3 heteroatoms. The van der Waals surface area contributed by atoms with Gasteiger partial charge in [-0.25, -0.2) is 0 Å². The minimum atomic E-state index is -0.345. The van der Waals surface area contributed by atoms with Crippen molar-refractivity contribution in [2.24, 2.45) is 0 Å². The molecule has 3 nitrogen and oxygen atoms in total. The van der Waals surface area contributed by atoms with Gasteiger partial charge in [-0.05, 0) is 6.42 Å². The zero-order valence-corrected chi connectivity index (χ0v) is 4.33. The van der Waals surface area contributed by atoms with Crippen molar-refractivity contribution in [1.29, 1.82) is 0 Å². The third-order valence-corrected chi connectivity index (χ3v) is 1.08. The van der Waals surface area contributed by atoms with Crippen LogP contribution in [0, 0.1) is 6.61 Å². The van der Waals surface area contributed by atoms with Gasteiger partial charge >= 0.3 is 5.97 Å². The predicted molar refractivity (Wildman–Crippen MR) is 25.3 cm³/mol. The van der Waals surface area contributed by atoms with Gasteiger partial charge in [0.15, 0.2) is 0 Å². The van der Waals surface area contributed by atoms with Crippen molar-refractivity contribution in [2.75, 3.05) is 0 Å². The van der Waals surface area contributed by atoms with Crippen LogP contribution >= 0.6 is 0 Å². The highest BCUT2D eigenvalue weighted by Crippen LogP contribution is 2.13. The molecule has 1 fully saturated rings. The maximum atomic E-state index is 10.3. The van der Waals surface area contributed by atoms with Gasteiger partial charge in [-0.3, -0.25) is 4.79 Å². The number of carbonyl (C=O) groups excluding carboxylic acids is 1. The molecule has 0 spiro atoms. The lowest BCUT2D eigenvalue weighted by Crippen LogP contribution is -2.05. The summed E-state index contributed by atoms with van der Waals surface area (Å²) in [5.41, 5.74) is 0. The van der Waals surface area contributed by atoms with Crippen LogP contribution in [-0.2, 0) is 9.53 Å². The molecule has 8 heavy (non-hydrogen) atoms. The molecular formula is C5H7O3. The van der Waals surface area contributed by atoms with Crippen molar-refractivity contribution in [2.45, 2.75) is 18.9 Å². The van der Waals surface area contributed by atoms with Gasteiger partial charge < -0.3 is 9.84 Å². The average molecular weight is 115 g/mol. The first-order chi connectivity index (χ1) is 3.83. The van der Waals surface area contributed by atoms with Crippen molar-refractivity contribution in [3.63, 3.8) is 0 Å². The highest BCUT2D eigenvalue weighted by atomic mass is 16.6. The molecule has 45 valence electrons. The number of cyclic esters (lactones) is 1. The second-order valence-electron chi connectivity index (χ2n) is 1.72. The molecule has 1 rings (SSSR count). The van der Waals surface area contributed by atoms with Crippen LogP contribution in [0.25, 0.3) is 0 Å². The lowest BCUT2D eigenvalue weighted by molar-refractivity contribution is -0.141. The fraction of sp³-hybridized carbons (Fsp3) is 0.600. The molecule has 0 aliphatic carbocycles. The first-order valence-electron chi connectivity index (χ1n) is 2.50. The van der Waals surface area contributed by atoms with E-state index in [4.69, 9.17) is 5.11 Å². The molecule has 1 aliphatic rings. The Labute approximate surface area is 47.3 Å². The van der Waals surface area contributed by atoms with Crippen LogP contribution in [0.5, 0.6) is 0 Å². The predicted octanol–water partition coefficient (Wildman–Crippen LogP) is 0.226. The number of aliphatic hydroxyl groups is 1. The smallest absolute Gasteiger partial charge is 0.306 e. The topological polar surface area (TPSA) is 46.5 Å². The van der Waals surface area contributed by atoms with Gasteiger partial charge in [0, 0.05) is 6.42 Å². The van der Waals surface area contributed by atoms with E-state index in [1.54, 1.807) is 0 Å². The number of rotatable bonds is 1. The maximum Gasteiger partial charge on any atom is 0.306 e. The molecule has 0 saturated carbocycles. The van der Waals surface area contributed by atoms with Gasteiger partial charge in [0.05, 0.1) is 0 Å². The molecule has 0 aromatic heterocycles. The van der Waals surface area contributed by atoms with Crippen LogP contribution in [0.1, 0.15) is 12.8 Å². The summed E-state index contributed by atoms with van der Waals surface area (Å²) in [6.45, 7) is 0.908. The summed E-state index contributed by atoms with van der Waals surface area (Å²) >= 11 is 0. The minimum Gasteiger partial charge on any atom is -0.459 e. The van der Waals surface area contributed by atoms with Gasteiger partial charge in [0.1, 0.15) is 12.7 Å². The third kappa shape index (κ3) is 0.980. The first kappa shape index (κ1) is 5.56. The molecule has 1 aliphatic heterocycles. The standard InChI is InChI=1S/C5H7O3/c6-3-4-1-2-5(7)8-4/h3-4,6H,1-2H2/t4-/m0/s1. The summed E-state index contributed by atoms with van der Waals surface area (Å²) in [5.74, 6) is -0.222. The number of carbonyl (C=O) groups is 1. The first-order valence-corrected chi connectivity index (χ1v) is 2.50. The molecule has 0 aromatic carbocycles. The summed E-state index contributed by atoms with van der Waals surface area (Å²) in [5, 5.41) is 8.28. The molecule has 0 unspecified atom stereocenters. The van der Waals surface area contributed by atoms with Crippen LogP contribution in [0.2, 0.25) is 0 Å². The zero-order valence-electron chi connectivity index (χ0n) is 4.33. The normalized spacial score (nSPS) is 28.1. The summed E-state index contributed by atoms with van der Waals surface area (Å²) in [7, 11) is 0. The number of hydrogen-bond acceptors (Lipinski definition) is 3. The maximum absolute atomic E-state index is 10.3. The van der Waals surface area contributed by atoms with Crippen LogP contribution in [0.15, 0.2) is 0 Å². The van der Waals surface area contributed by atoms with E-state index in [1.165, 1.54) is 0 Å². The van der Waals surface area contributed by atoms with Gasteiger partial charge in [-0.1, -0.05) is 0 Å². The highest BCUT2D eigenvalue weighted by Gasteiger charge is 2.21. The summed E-state index contributed by atoms with van der Waals surface area (Å²) < 4.78 is 4.57. The monoisotopic (exact) mass is 115 g/mol. The van der Waals surface area contributed by atoms with Gasteiger partial charge in [-0.15, -0.1) is 0 Å². The van der Waals surface area contributed by atoms with E-state index in [9.17, 15) is 4.79 Å². The quantitative estimate of drug-likeness (QED) is 0.497. The van der Waals surface area contributed by atoms with Crippen molar-refractivity contribution in [3.05, 3.63) is 6.61 Å². The van der Waals surface area contributed by atoms with E-state index in [1.807, 2.05) is 0 Å². The minimum absolute atomic E-state index is 0.222. The van der Waals surface area contributed by atoms with E-state index in [0.29, 0.717) is 12.8 Å². The Morgan fingerprint density at radius 1 is 1.88 bits per heavy atom. The zero-order chi connectivity index (χ0) is 5.98. The van der Waals surface area contributed by atoms with E-state index in [2.05, 4.69) is 4.74 Å². The molecule has 0 amide bonds. The molecule has 1 atom stereocenters. The van der Waals surface area contributed by atoms with Crippen LogP contribution in [-0.4, -0.2) is 17.2 Å². The van der Waals surface area contributed by atoms with Gasteiger partial charge in [0.25, 0.3) is 0 Å². The van der Waals surface area contributed by atoms with E-state index in [-0.39, 0.29) is 12.1 Å². The highest BCUT2D eigenvalue weighted by molar-refractivity contribution is 5.71. The Hall–Kier alpha value is -0.570. The van der Waals surface area contributed by atoms with Crippen molar-refractivity contribution >= 4 is 5.97 Å². The Morgan fingerprint density at radius 2 is 2.62 bits per heavy atom. The molecule has 1 saturated heterocycles. The summed E-state index contributed by atoms with van der Waals surface area (Å²) in [6.07, 6.45) is 0.708. The molecule has 0 bridgehead atoms. The van der Waals surface area contributed by atoms with Gasteiger partial charge in [0.2, 0.25) is 0 Å². The fourth-order valence-corrected chi connectivity index (χ4v) is 0.652. The van der Waals surface area contributed by atoms with Crippen molar-refractivity contribution in [1.82, 2.24) is 0 Å². The molecule has 0 aromatic rings. The fourth-order valence-electron chi connectivity index (χ4n) is 0.652.